The van der Waals surface area contributed by atoms with Crippen molar-refractivity contribution in [3.8, 4) is 22.8 Å². The molecule has 0 bridgehead atoms. The number of ether oxygens (including phenoxy) is 2. The van der Waals surface area contributed by atoms with E-state index in [2.05, 4.69) is 5.10 Å². The largest absolute Gasteiger partial charge is 0.496 e. The van der Waals surface area contributed by atoms with Crippen molar-refractivity contribution in [3.05, 3.63) is 24.3 Å². The molecule has 0 unspecified atom stereocenters. The fourth-order valence-electron chi connectivity index (χ4n) is 1.71. The van der Waals surface area contributed by atoms with E-state index in [0.29, 0.717) is 17.3 Å². The van der Waals surface area contributed by atoms with Crippen LogP contribution in [0.25, 0.3) is 11.3 Å². The van der Waals surface area contributed by atoms with Gasteiger partial charge in [-0.25, -0.2) is 0 Å². The Morgan fingerprint density at radius 2 is 1.76 bits per heavy atom. The predicted octanol–water partition coefficient (Wildman–Crippen LogP) is 1.69. The monoisotopic (exact) mass is 233 g/mol. The number of rotatable bonds is 3. The Morgan fingerprint density at radius 3 is 2.18 bits per heavy atom. The van der Waals surface area contributed by atoms with Gasteiger partial charge in [-0.05, 0) is 12.1 Å². The normalized spacial score (nSPS) is 10.3. The molecular formula is C12H15N3O2. The molecule has 0 aliphatic heterocycles. The lowest BCUT2D eigenvalue weighted by atomic mass is 10.1. The van der Waals surface area contributed by atoms with E-state index in [9.17, 15) is 0 Å². The molecule has 5 nitrogen and oxygen atoms in total. The molecule has 0 saturated heterocycles. The van der Waals surface area contributed by atoms with Crippen LogP contribution < -0.4 is 15.2 Å². The van der Waals surface area contributed by atoms with Gasteiger partial charge in [-0.3, -0.25) is 4.68 Å². The van der Waals surface area contributed by atoms with Crippen molar-refractivity contribution >= 4 is 5.82 Å². The average molecular weight is 233 g/mol. The van der Waals surface area contributed by atoms with Crippen molar-refractivity contribution in [2.75, 3.05) is 20.0 Å². The maximum Gasteiger partial charge on any atom is 0.132 e. The van der Waals surface area contributed by atoms with Crippen molar-refractivity contribution in [3.63, 3.8) is 0 Å². The van der Waals surface area contributed by atoms with Crippen molar-refractivity contribution in [2.45, 2.75) is 0 Å². The van der Waals surface area contributed by atoms with E-state index >= 15 is 0 Å². The van der Waals surface area contributed by atoms with E-state index in [-0.39, 0.29) is 0 Å². The number of nitrogens with zero attached hydrogens (tertiary/aromatic N) is 2. The molecule has 0 amide bonds. The SMILES string of the molecule is COc1cccc(OC)c1-c1cc(N)n(C)n1. The Hall–Kier alpha value is -2.17. The minimum atomic E-state index is 0.591. The first-order valence-electron chi connectivity index (χ1n) is 5.18. The van der Waals surface area contributed by atoms with Crippen molar-refractivity contribution in [2.24, 2.45) is 7.05 Å². The standard InChI is InChI=1S/C12H15N3O2/c1-15-11(13)7-8(14-15)12-9(16-2)5-4-6-10(12)17-3/h4-7H,13H2,1-3H3. The lowest BCUT2D eigenvalue weighted by Gasteiger charge is -2.10. The lowest BCUT2D eigenvalue weighted by molar-refractivity contribution is 0.397. The Kier molecular flexibility index (Phi) is 2.91. The highest BCUT2D eigenvalue weighted by Gasteiger charge is 2.15. The predicted molar refractivity (Wildman–Crippen MR) is 66.2 cm³/mol. The van der Waals surface area contributed by atoms with Gasteiger partial charge in [-0.1, -0.05) is 6.07 Å². The van der Waals surface area contributed by atoms with E-state index in [4.69, 9.17) is 15.2 Å². The van der Waals surface area contributed by atoms with Gasteiger partial charge in [0, 0.05) is 13.1 Å². The second kappa shape index (κ2) is 4.37. The molecule has 1 aromatic carbocycles. The maximum absolute atomic E-state index is 5.78. The highest BCUT2D eigenvalue weighted by atomic mass is 16.5. The van der Waals surface area contributed by atoms with Crippen LogP contribution >= 0.6 is 0 Å². The summed E-state index contributed by atoms with van der Waals surface area (Å²) in [5.41, 5.74) is 7.33. The first-order chi connectivity index (χ1) is 8.17. The molecule has 0 fully saturated rings. The van der Waals surface area contributed by atoms with Crippen molar-refractivity contribution < 1.29 is 9.47 Å². The van der Waals surface area contributed by atoms with Crippen LogP contribution in [0, 0.1) is 0 Å². The Balaban J connectivity index is 2.63. The summed E-state index contributed by atoms with van der Waals surface area (Å²) in [7, 11) is 5.02. The molecule has 5 heteroatoms. The molecule has 0 aliphatic carbocycles. The third-order valence-electron chi connectivity index (χ3n) is 2.60. The van der Waals surface area contributed by atoms with Gasteiger partial charge < -0.3 is 15.2 Å². The second-order valence-electron chi connectivity index (χ2n) is 3.62. The smallest absolute Gasteiger partial charge is 0.132 e. The van der Waals surface area contributed by atoms with Crippen LogP contribution in [0.4, 0.5) is 5.82 Å². The number of hydrogen-bond donors (Lipinski definition) is 1. The molecule has 0 atom stereocenters. The number of aryl methyl sites for hydroxylation is 1. The van der Waals surface area contributed by atoms with E-state index in [1.165, 1.54) is 0 Å². The summed E-state index contributed by atoms with van der Waals surface area (Å²) in [5, 5.41) is 4.33. The summed E-state index contributed by atoms with van der Waals surface area (Å²) in [4.78, 5) is 0. The first kappa shape index (κ1) is 11.3. The van der Waals surface area contributed by atoms with E-state index in [1.807, 2.05) is 18.2 Å². The fourth-order valence-corrected chi connectivity index (χ4v) is 1.71. The molecule has 0 spiro atoms. The van der Waals surface area contributed by atoms with Crippen LogP contribution in [0.3, 0.4) is 0 Å². The van der Waals surface area contributed by atoms with Crippen LogP contribution in [0.5, 0.6) is 11.5 Å². The van der Waals surface area contributed by atoms with Gasteiger partial charge in [0.05, 0.1) is 19.8 Å². The number of hydrogen-bond acceptors (Lipinski definition) is 4. The molecule has 2 aromatic rings. The van der Waals surface area contributed by atoms with E-state index < -0.39 is 0 Å². The first-order valence-corrected chi connectivity index (χ1v) is 5.18. The summed E-state index contributed by atoms with van der Waals surface area (Å²) in [6.45, 7) is 0. The number of benzene rings is 1. The quantitative estimate of drug-likeness (QED) is 0.876. The molecule has 2 rings (SSSR count). The van der Waals surface area contributed by atoms with Gasteiger partial charge in [-0.2, -0.15) is 5.10 Å². The zero-order chi connectivity index (χ0) is 12.4. The summed E-state index contributed by atoms with van der Waals surface area (Å²) < 4.78 is 12.3. The third-order valence-corrected chi connectivity index (χ3v) is 2.60. The number of nitrogens with two attached hydrogens (primary N) is 1. The van der Waals surface area contributed by atoms with Crippen LogP contribution in [0.1, 0.15) is 0 Å². The van der Waals surface area contributed by atoms with Gasteiger partial charge >= 0.3 is 0 Å². The molecule has 0 saturated carbocycles. The molecule has 90 valence electrons. The van der Waals surface area contributed by atoms with Gasteiger partial charge in [0.2, 0.25) is 0 Å². The lowest BCUT2D eigenvalue weighted by Crippen LogP contribution is -1.97. The number of methoxy groups -OCH3 is 2. The zero-order valence-corrected chi connectivity index (χ0v) is 10.1. The Morgan fingerprint density at radius 1 is 1.18 bits per heavy atom. The van der Waals surface area contributed by atoms with Crippen LogP contribution in [0.15, 0.2) is 24.3 Å². The van der Waals surface area contributed by atoms with Crippen molar-refractivity contribution in [1.29, 1.82) is 0 Å². The second-order valence-corrected chi connectivity index (χ2v) is 3.62. The highest BCUT2D eigenvalue weighted by Crippen LogP contribution is 2.37. The fraction of sp³-hybridized carbons (Fsp3) is 0.250. The van der Waals surface area contributed by atoms with E-state index in [0.717, 1.165) is 11.3 Å². The maximum atomic E-state index is 5.78. The highest BCUT2D eigenvalue weighted by molar-refractivity contribution is 5.75. The van der Waals surface area contributed by atoms with Gasteiger partial charge in [0.15, 0.2) is 0 Å². The topological polar surface area (TPSA) is 62.3 Å². The van der Waals surface area contributed by atoms with E-state index in [1.54, 1.807) is 32.0 Å². The van der Waals surface area contributed by atoms with Crippen molar-refractivity contribution in [1.82, 2.24) is 9.78 Å². The summed E-state index contributed by atoms with van der Waals surface area (Å²) >= 11 is 0. The minimum absolute atomic E-state index is 0.591. The molecule has 2 N–H and O–H groups in total. The molecule has 0 aliphatic rings. The minimum Gasteiger partial charge on any atom is -0.496 e. The average Bonchev–Trinajstić information content (AvgIpc) is 2.68. The zero-order valence-electron chi connectivity index (χ0n) is 10.1. The van der Waals surface area contributed by atoms with Gasteiger partial charge in [-0.15, -0.1) is 0 Å². The summed E-state index contributed by atoms with van der Waals surface area (Å²) in [5.74, 6) is 2.01. The van der Waals surface area contributed by atoms with Gasteiger partial charge in [0.1, 0.15) is 23.0 Å². The number of aromatic nitrogens is 2. The Bertz CT molecular complexity index is 493. The van der Waals surface area contributed by atoms with Crippen LogP contribution in [-0.2, 0) is 7.05 Å². The third kappa shape index (κ3) is 1.91. The molecular weight excluding hydrogens is 218 g/mol. The van der Waals surface area contributed by atoms with Crippen LogP contribution in [-0.4, -0.2) is 24.0 Å². The molecule has 1 heterocycles. The van der Waals surface area contributed by atoms with Gasteiger partial charge in [0.25, 0.3) is 0 Å². The Labute approximate surface area is 99.8 Å². The molecule has 1 aromatic heterocycles. The summed E-state index contributed by atoms with van der Waals surface area (Å²) in [6.07, 6.45) is 0. The number of nitrogen functional groups attached to an aromatic ring is 1. The van der Waals surface area contributed by atoms with Crippen LogP contribution in [0.2, 0.25) is 0 Å². The number of anilines is 1. The summed E-state index contributed by atoms with van der Waals surface area (Å²) in [6, 6.07) is 7.39. The molecule has 17 heavy (non-hydrogen) atoms. The molecule has 0 radical (unpaired) electrons.